The van der Waals surface area contributed by atoms with E-state index in [-0.39, 0.29) is 5.54 Å². The summed E-state index contributed by atoms with van der Waals surface area (Å²) in [5.41, 5.74) is 4.09. The van der Waals surface area contributed by atoms with Crippen molar-refractivity contribution in [2.75, 3.05) is 33.3 Å². The second-order valence-corrected chi connectivity index (χ2v) is 5.86. The lowest BCUT2D eigenvalue weighted by atomic mass is 9.86. The molecule has 0 unspecified atom stereocenters. The molecule has 1 N–H and O–H groups in total. The maximum Gasteiger partial charge on any atom is 0.122 e. The molecule has 1 aliphatic heterocycles. The molecule has 1 aliphatic rings. The van der Waals surface area contributed by atoms with E-state index < -0.39 is 0 Å². The molecule has 0 aliphatic carbocycles. The fourth-order valence-electron chi connectivity index (χ4n) is 3.07. The molecule has 1 saturated heterocycles. The van der Waals surface area contributed by atoms with Crippen molar-refractivity contribution in [3.63, 3.8) is 0 Å². The SMILES string of the molecule is COc1ccc(C(C)(C)N2CCNCC2)c(C)c1C. The predicted molar refractivity (Wildman–Crippen MR) is 79.9 cm³/mol. The zero-order valence-corrected chi connectivity index (χ0v) is 12.8. The molecule has 0 amide bonds. The van der Waals surface area contributed by atoms with E-state index in [9.17, 15) is 0 Å². The lowest BCUT2D eigenvalue weighted by molar-refractivity contribution is 0.102. The Balaban J connectivity index is 2.36. The number of ether oxygens (including phenoxy) is 1. The van der Waals surface area contributed by atoms with Gasteiger partial charge in [0.15, 0.2) is 0 Å². The largest absolute Gasteiger partial charge is 0.496 e. The van der Waals surface area contributed by atoms with Crippen LogP contribution in [0.1, 0.15) is 30.5 Å². The van der Waals surface area contributed by atoms with Crippen LogP contribution in [-0.2, 0) is 5.54 Å². The number of nitrogens with one attached hydrogen (secondary N) is 1. The zero-order valence-electron chi connectivity index (χ0n) is 12.8. The molecule has 0 spiro atoms. The number of piperazine rings is 1. The molecule has 1 aromatic rings. The summed E-state index contributed by atoms with van der Waals surface area (Å²) in [5.74, 6) is 0.984. The van der Waals surface area contributed by atoms with Crippen LogP contribution in [0.5, 0.6) is 5.75 Å². The first-order chi connectivity index (χ1) is 8.98. The Bertz CT molecular complexity index is 448. The van der Waals surface area contributed by atoms with E-state index in [1.165, 1.54) is 16.7 Å². The summed E-state index contributed by atoms with van der Waals surface area (Å²) < 4.78 is 5.42. The maximum absolute atomic E-state index is 5.42. The van der Waals surface area contributed by atoms with Gasteiger partial charge in [0.2, 0.25) is 0 Å². The minimum Gasteiger partial charge on any atom is -0.496 e. The highest BCUT2D eigenvalue weighted by Gasteiger charge is 2.31. The van der Waals surface area contributed by atoms with Gasteiger partial charge >= 0.3 is 0 Å². The van der Waals surface area contributed by atoms with Crippen LogP contribution in [0.3, 0.4) is 0 Å². The van der Waals surface area contributed by atoms with Gasteiger partial charge in [-0.1, -0.05) is 6.07 Å². The van der Waals surface area contributed by atoms with Gasteiger partial charge in [0, 0.05) is 31.7 Å². The average Bonchev–Trinajstić information content (AvgIpc) is 2.42. The predicted octanol–water partition coefficient (Wildman–Crippen LogP) is 2.45. The Morgan fingerprint density at radius 3 is 2.32 bits per heavy atom. The van der Waals surface area contributed by atoms with Crippen molar-refractivity contribution < 1.29 is 4.74 Å². The van der Waals surface area contributed by atoms with Crippen molar-refractivity contribution in [2.45, 2.75) is 33.2 Å². The van der Waals surface area contributed by atoms with Gasteiger partial charge in [-0.15, -0.1) is 0 Å². The standard InChI is InChI=1S/C16H26N2O/c1-12-13(2)15(19-5)7-6-14(12)16(3,4)18-10-8-17-9-11-18/h6-7,17H,8-11H2,1-5H3. The molecule has 0 radical (unpaired) electrons. The lowest BCUT2D eigenvalue weighted by Gasteiger charge is -2.42. The fraction of sp³-hybridized carbons (Fsp3) is 0.625. The van der Waals surface area contributed by atoms with Crippen molar-refractivity contribution in [1.82, 2.24) is 10.2 Å². The summed E-state index contributed by atoms with van der Waals surface area (Å²) in [5, 5.41) is 3.42. The first-order valence-electron chi connectivity index (χ1n) is 7.09. The molecule has 106 valence electrons. The van der Waals surface area contributed by atoms with Crippen molar-refractivity contribution in [3.05, 3.63) is 28.8 Å². The van der Waals surface area contributed by atoms with E-state index in [2.05, 4.69) is 50.0 Å². The number of methoxy groups -OCH3 is 1. The highest BCUT2D eigenvalue weighted by Crippen LogP contribution is 2.34. The molecule has 19 heavy (non-hydrogen) atoms. The molecule has 0 bridgehead atoms. The summed E-state index contributed by atoms with van der Waals surface area (Å²) in [6.07, 6.45) is 0. The third kappa shape index (κ3) is 2.63. The third-order valence-electron chi connectivity index (χ3n) is 4.52. The second kappa shape index (κ2) is 5.51. The average molecular weight is 262 g/mol. The van der Waals surface area contributed by atoms with Gasteiger partial charge in [-0.25, -0.2) is 0 Å². The van der Waals surface area contributed by atoms with E-state index >= 15 is 0 Å². The van der Waals surface area contributed by atoms with Crippen LogP contribution >= 0.6 is 0 Å². The van der Waals surface area contributed by atoms with E-state index in [4.69, 9.17) is 4.74 Å². The van der Waals surface area contributed by atoms with Crippen LogP contribution in [-0.4, -0.2) is 38.2 Å². The molecule has 2 rings (SSSR count). The lowest BCUT2D eigenvalue weighted by Crippen LogP contribution is -2.52. The van der Waals surface area contributed by atoms with E-state index in [0.717, 1.165) is 31.9 Å². The zero-order chi connectivity index (χ0) is 14.0. The molecular weight excluding hydrogens is 236 g/mol. The van der Waals surface area contributed by atoms with Gasteiger partial charge in [0.1, 0.15) is 5.75 Å². The third-order valence-corrected chi connectivity index (χ3v) is 4.52. The summed E-state index contributed by atoms with van der Waals surface area (Å²) in [4.78, 5) is 2.57. The van der Waals surface area contributed by atoms with Gasteiger partial charge in [0.25, 0.3) is 0 Å². The van der Waals surface area contributed by atoms with Crippen molar-refractivity contribution in [3.8, 4) is 5.75 Å². The van der Waals surface area contributed by atoms with Crippen molar-refractivity contribution in [1.29, 1.82) is 0 Å². The molecule has 3 nitrogen and oxygen atoms in total. The number of rotatable bonds is 3. The number of nitrogens with zero attached hydrogens (tertiary/aromatic N) is 1. The summed E-state index contributed by atoms with van der Waals surface area (Å²) in [6, 6.07) is 4.32. The smallest absolute Gasteiger partial charge is 0.122 e. The van der Waals surface area contributed by atoms with E-state index in [0.29, 0.717) is 0 Å². The number of benzene rings is 1. The molecule has 1 fully saturated rings. The van der Waals surface area contributed by atoms with Gasteiger partial charge in [-0.3, -0.25) is 4.90 Å². The first-order valence-corrected chi connectivity index (χ1v) is 7.09. The molecule has 3 heteroatoms. The van der Waals surface area contributed by atoms with E-state index in [1.807, 2.05) is 0 Å². The van der Waals surface area contributed by atoms with Crippen LogP contribution in [0.15, 0.2) is 12.1 Å². The molecule has 0 atom stereocenters. The molecular formula is C16H26N2O. The van der Waals surface area contributed by atoms with Crippen molar-refractivity contribution in [2.24, 2.45) is 0 Å². The minimum atomic E-state index is 0.0726. The fourth-order valence-corrected chi connectivity index (χ4v) is 3.07. The van der Waals surface area contributed by atoms with Gasteiger partial charge in [-0.05, 0) is 50.5 Å². The highest BCUT2D eigenvalue weighted by atomic mass is 16.5. The first kappa shape index (κ1) is 14.4. The van der Waals surface area contributed by atoms with Crippen LogP contribution in [0.25, 0.3) is 0 Å². The molecule has 1 aromatic carbocycles. The summed E-state index contributed by atoms with van der Waals surface area (Å²) in [6.45, 7) is 13.4. The Labute approximate surface area is 116 Å². The number of hydrogen-bond donors (Lipinski definition) is 1. The molecule has 0 aromatic heterocycles. The maximum atomic E-state index is 5.42. The van der Waals surface area contributed by atoms with Crippen LogP contribution in [0, 0.1) is 13.8 Å². The van der Waals surface area contributed by atoms with Crippen molar-refractivity contribution >= 4 is 0 Å². The van der Waals surface area contributed by atoms with Gasteiger partial charge < -0.3 is 10.1 Å². The quantitative estimate of drug-likeness (QED) is 0.905. The van der Waals surface area contributed by atoms with Crippen LogP contribution < -0.4 is 10.1 Å². The van der Waals surface area contributed by atoms with E-state index in [1.54, 1.807) is 7.11 Å². The van der Waals surface area contributed by atoms with Gasteiger partial charge in [-0.2, -0.15) is 0 Å². The normalized spacial score (nSPS) is 17.5. The Kier molecular flexibility index (Phi) is 4.16. The summed E-state index contributed by atoms with van der Waals surface area (Å²) >= 11 is 0. The summed E-state index contributed by atoms with van der Waals surface area (Å²) in [7, 11) is 1.74. The molecule has 1 heterocycles. The van der Waals surface area contributed by atoms with Gasteiger partial charge in [0.05, 0.1) is 7.11 Å². The Morgan fingerprint density at radius 2 is 1.74 bits per heavy atom. The Morgan fingerprint density at radius 1 is 1.11 bits per heavy atom. The number of hydrogen-bond acceptors (Lipinski definition) is 3. The second-order valence-electron chi connectivity index (χ2n) is 5.86. The Hall–Kier alpha value is -1.06. The monoisotopic (exact) mass is 262 g/mol. The topological polar surface area (TPSA) is 24.5 Å². The minimum absolute atomic E-state index is 0.0726. The van der Waals surface area contributed by atoms with Crippen LogP contribution in [0.4, 0.5) is 0 Å². The molecule has 0 saturated carbocycles. The highest BCUT2D eigenvalue weighted by molar-refractivity contribution is 5.46. The van der Waals surface area contributed by atoms with Crippen LogP contribution in [0.2, 0.25) is 0 Å².